The van der Waals surface area contributed by atoms with Gasteiger partial charge in [-0.1, -0.05) is 45.4 Å². The summed E-state index contributed by atoms with van der Waals surface area (Å²) in [7, 11) is 0. The molecule has 0 saturated carbocycles. The molecule has 0 saturated heterocycles. The van der Waals surface area contributed by atoms with Gasteiger partial charge in [-0.15, -0.1) is 11.8 Å². The fraction of sp³-hybridized carbons (Fsp3) is 0.857. The second-order valence-corrected chi connectivity index (χ2v) is 4.68. The highest BCUT2D eigenvalue weighted by Gasteiger charge is 2.00. The molecule has 80 valence electrons. The first-order valence-electron chi connectivity index (χ1n) is 6.35. The standard InChI is InChI=1S/C14H24/c1-14-12-10-8-6-4-2-3-5-7-9-11-13-14/h14H,2-8,10,12-13H2,1H3. The first-order chi connectivity index (χ1) is 6.89. The monoisotopic (exact) mass is 192 g/mol. The van der Waals surface area contributed by atoms with Crippen molar-refractivity contribution < 1.29 is 0 Å². The third kappa shape index (κ3) is 6.08. The van der Waals surface area contributed by atoms with E-state index in [1.807, 2.05) is 0 Å². The lowest BCUT2D eigenvalue weighted by Gasteiger charge is -2.06. The summed E-state index contributed by atoms with van der Waals surface area (Å²) in [6, 6.07) is 0. The van der Waals surface area contributed by atoms with Crippen molar-refractivity contribution in [3.63, 3.8) is 0 Å². The molecule has 1 aliphatic rings. The largest absolute Gasteiger partial charge is 0.103 e. The van der Waals surface area contributed by atoms with Crippen molar-refractivity contribution in [2.45, 2.75) is 71.1 Å². The van der Waals surface area contributed by atoms with Crippen LogP contribution in [-0.4, -0.2) is 0 Å². The van der Waals surface area contributed by atoms with Gasteiger partial charge in [0.05, 0.1) is 0 Å². The van der Waals surface area contributed by atoms with Crippen molar-refractivity contribution in [1.82, 2.24) is 0 Å². The van der Waals surface area contributed by atoms with Crippen LogP contribution in [0.15, 0.2) is 0 Å². The van der Waals surface area contributed by atoms with Crippen LogP contribution in [0, 0.1) is 17.8 Å². The quantitative estimate of drug-likeness (QED) is 0.494. The van der Waals surface area contributed by atoms with E-state index >= 15 is 0 Å². The highest BCUT2D eigenvalue weighted by atomic mass is 14.1. The summed E-state index contributed by atoms with van der Waals surface area (Å²) in [4.78, 5) is 0. The van der Waals surface area contributed by atoms with Crippen LogP contribution in [0.2, 0.25) is 0 Å². The zero-order valence-corrected chi connectivity index (χ0v) is 9.65. The topological polar surface area (TPSA) is 0 Å². The SMILES string of the molecule is CC1CC#CCCCCCCCCC1. The molecule has 0 heteroatoms. The molecule has 0 aromatic carbocycles. The number of rotatable bonds is 0. The zero-order valence-electron chi connectivity index (χ0n) is 9.65. The van der Waals surface area contributed by atoms with Crippen LogP contribution in [0.5, 0.6) is 0 Å². The van der Waals surface area contributed by atoms with Gasteiger partial charge in [0.1, 0.15) is 0 Å². The second-order valence-electron chi connectivity index (χ2n) is 4.68. The fourth-order valence-corrected chi connectivity index (χ4v) is 2.03. The Morgan fingerprint density at radius 2 is 1.43 bits per heavy atom. The van der Waals surface area contributed by atoms with Gasteiger partial charge in [-0.05, 0) is 18.8 Å². The molecule has 1 atom stereocenters. The van der Waals surface area contributed by atoms with Crippen LogP contribution in [-0.2, 0) is 0 Å². The molecule has 0 N–H and O–H groups in total. The van der Waals surface area contributed by atoms with Gasteiger partial charge in [-0.25, -0.2) is 0 Å². The molecular formula is C14H24. The van der Waals surface area contributed by atoms with Crippen LogP contribution in [0.25, 0.3) is 0 Å². The van der Waals surface area contributed by atoms with Crippen molar-refractivity contribution in [1.29, 1.82) is 0 Å². The lowest BCUT2D eigenvalue weighted by Crippen LogP contribution is -1.92. The molecule has 0 heterocycles. The van der Waals surface area contributed by atoms with Crippen LogP contribution >= 0.6 is 0 Å². The van der Waals surface area contributed by atoms with E-state index in [1.165, 1.54) is 51.4 Å². The van der Waals surface area contributed by atoms with Gasteiger partial charge >= 0.3 is 0 Å². The van der Waals surface area contributed by atoms with Crippen LogP contribution < -0.4 is 0 Å². The third-order valence-electron chi connectivity index (χ3n) is 3.07. The first-order valence-corrected chi connectivity index (χ1v) is 6.35. The summed E-state index contributed by atoms with van der Waals surface area (Å²) in [5, 5.41) is 0. The van der Waals surface area contributed by atoms with Crippen molar-refractivity contribution in [2.75, 3.05) is 0 Å². The molecule has 0 spiro atoms. The summed E-state index contributed by atoms with van der Waals surface area (Å²) in [5.74, 6) is 7.45. The molecule has 0 amide bonds. The minimum absolute atomic E-state index is 0.822. The van der Waals surface area contributed by atoms with Crippen molar-refractivity contribution in [2.24, 2.45) is 5.92 Å². The summed E-state index contributed by atoms with van der Waals surface area (Å²) in [6.07, 6.45) is 13.5. The Hall–Kier alpha value is -0.440. The van der Waals surface area contributed by atoms with E-state index < -0.39 is 0 Å². The summed E-state index contributed by atoms with van der Waals surface area (Å²) < 4.78 is 0. The van der Waals surface area contributed by atoms with Crippen molar-refractivity contribution in [3.05, 3.63) is 0 Å². The Kier molecular flexibility index (Phi) is 6.58. The highest BCUT2D eigenvalue weighted by molar-refractivity contribution is 4.99. The molecule has 1 unspecified atom stereocenters. The maximum atomic E-state index is 3.32. The van der Waals surface area contributed by atoms with E-state index in [-0.39, 0.29) is 0 Å². The van der Waals surface area contributed by atoms with Crippen LogP contribution in [0.1, 0.15) is 71.1 Å². The van der Waals surface area contributed by atoms with E-state index in [0.29, 0.717) is 0 Å². The Balaban J connectivity index is 2.23. The molecule has 1 rings (SSSR count). The summed E-state index contributed by atoms with van der Waals surface area (Å²) in [6.45, 7) is 2.34. The molecule has 0 radical (unpaired) electrons. The van der Waals surface area contributed by atoms with Gasteiger partial charge < -0.3 is 0 Å². The predicted octanol–water partition coefficient (Wildman–Crippen LogP) is 4.54. The Bertz CT molecular complexity index is 182. The van der Waals surface area contributed by atoms with Crippen LogP contribution in [0.4, 0.5) is 0 Å². The fourth-order valence-electron chi connectivity index (χ4n) is 2.03. The molecular weight excluding hydrogens is 168 g/mol. The Labute approximate surface area is 89.5 Å². The minimum Gasteiger partial charge on any atom is -0.103 e. The molecule has 1 aliphatic carbocycles. The zero-order chi connectivity index (χ0) is 10.1. The Morgan fingerprint density at radius 1 is 0.786 bits per heavy atom. The number of hydrogen-bond acceptors (Lipinski definition) is 0. The lowest BCUT2D eigenvalue weighted by atomic mass is 9.99. The van der Waals surface area contributed by atoms with Crippen molar-refractivity contribution in [3.8, 4) is 11.8 Å². The molecule has 0 fully saturated rings. The van der Waals surface area contributed by atoms with E-state index in [2.05, 4.69) is 18.8 Å². The predicted molar refractivity (Wildman–Crippen MR) is 63.1 cm³/mol. The molecule has 0 aromatic heterocycles. The van der Waals surface area contributed by atoms with Crippen molar-refractivity contribution >= 4 is 0 Å². The van der Waals surface area contributed by atoms with Gasteiger partial charge in [-0.3, -0.25) is 0 Å². The third-order valence-corrected chi connectivity index (χ3v) is 3.07. The minimum atomic E-state index is 0.822. The second kappa shape index (κ2) is 7.92. The molecule has 0 aromatic rings. The normalized spacial score (nSPS) is 26.2. The van der Waals surface area contributed by atoms with Gasteiger partial charge in [0.2, 0.25) is 0 Å². The smallest absolute Gasteiger partial charge is 0.0114 e. The van der Waals surface area contributed by atoms with Gasteiger partial charge in [0.15, 0.2) is 0 Å². The molecule has 0 bridgehead atoms. The van der Waals surface area contributed by atoms with E-state index in [9.17, 15) is 0 Å². The van der Waals surface area contributed by atoms with Crippen LogP contribution in [0.3, 0.4) is 0 Å². The maximum absolute atomic E-state index is 3.32. The van der Waals surface area contributed by atoms with Gasteiger partial charge in [0.25, 0.3) is 0 Å². The summed E-state index contributed by atoms with van der Waals surface area (Å²) >= 11 is 0. The highest BCUT2D eigenvalue weighted by Crippen LogP contribution is 2.15. The average molecular weight is 192 g/mol. The van der Waals surface area contributed by atoms with E-state index in [0.717, 1.165) is 18.8 Å². The van der Waals surface area contributed by atoms with Gasteiger partial charge in [0, 0.05) is 12.8 Å². The Morgan fingerprint density at radius 3 is 2.21 bits per heavy atom. The maximum Gasteiger partial charge on any atom is 0.0114 e. The van der Waals surface area contributed by atoms with E-state index in [4.69, 9.17) is 0 Å². The first kappa shape index (κ1) is 11.6. The lowest BCUT2D eigenvalue weighted by molar-refractivity contribution is 0.491. The average Bonchev–Trinajstić information content (AvgIpc) is 2.20. The molecule has 14 heavy (non-hydrogen) atoms. The number of hydrogen-bond donors (Lipinski definition) is 0. The summed E-state index contributed by atoms with van der Waals surface area (Å²) in [5.41, 5.74) is 0. The van der Waals surface area contributed by atoms with Gasteiger partial charge in [-0.2, -0.15) is 0 Å². The molecule has 0 nitrogen and oxygen atoms in total. The van der Waals surface area contributed by atoms with E-state index in [1.54, 1.807) is 0 Å². The molecule has 0 aliphatic heterocycles.